The summed E-state index contributed by atoms with van der Waals surface area (Å²) in [5, 5.41) is 5.25. The molecule has 2 aromatic carbocycles. The van der Waals surface area contributed by atoms with Crippen LogP contribution >= 0.6 is 0 Å². The lowest BCUT2D eigenvalue weighted by molar-refractivity contribution is 0.0656. The van der Waals surface area contributed by atoms with Crippen LogP contribution in [0.2, 0.25) is 0 Å². The zero-order valence-electron chi connectivity index (χ0n) is 13.7. The zero-order valence-corrected chi connectivity index (χ0v) is 13.7. The molecule has 7 heteroatoms. The number of aryl methyl sites for hydroxylation is 1. The van der Waals surface area contributed by atoms with Gasteiger partial charge in [0.1, 0.15) is 0 Å². The number of imide groups is 1. The molecular weight excluding hydrogens is 320 g/mol. The highest BCUT2D eigenvalue weighted by Gasteiger charge is 2.34. The van der Waals surface area contributed by atoms with E-state index in [1.165, 1.54) is 0 Å². The summed E-state index contributed by atoms with van der Waals surface area (Å²) in [4.78, 5) is 37.5. The lowest BCUT2D eigenvalue weighted by Crippen LogP contribution is -2.39. The molecule has 4 N–H and O–H groups in total. The summed E-state index contributed by atoms with van der Waals surface area (Å²) >= 11 is 0. The van der Waals surface area contributed by atoms with Gasteiger partial charge in [-0.3, -0.25) is 14.5 Å². The molecule has 25 heavy (non-hydrogen) atoms. The number of fused-ring (bicyclic) bond motifs is 1. The second-order valence-electron chi connectivity index (χ2n) is 5.78. The summed E-state index contributed by atoms with van der Waals surface area (Å²) in [6, 6.07) is 11.5. The molecule has 0 spiro atoms. The van der Waals surface area contributed by atoms with Gasteiger partial charge < -0.3 is 16.4 Å². The van der Waals surface area contributed by atoms with Crippen molar-refractivity contribution in [1.82, 2.24) is 10.2 Å². The van der Waals surface area contributed by atoms with E-state index in [1.807, 2.05) is 13.0 Å². The maximum Gasteiger partial charge on any atom is 0.319 e. The van der Waals surface area contributed by atoms with E-state index in [-0.39, 0.29) is 24.9 Å². The first-order valence-electron chi connectivity index (χ1n) is 7.83. The summed E-state index contributed by atoms with van der Waals surface area (Å²) < 4.78 is 0. The number of carbonyl (C=O) groups is 3. The van der Waals surface area contributed by atoms with Crippen LogP contribution in [0.25, 0.3) is 0 Å². The topological polar surface area (TPSA) is 105 Å². The summed E-state index contributed by atoms with van der Waals surface area (Å²) in [5.74, 6) is -0.684. The molecule has 7 nitrogen and oxygen atoms in total. The predicted octanol–water partition coefficient (Wildman–Crippen LogP) is 1.99. The number of nitrogens with two attached hydrogens (primary N) is 1. The van der Waals surface area contributed by atoms with E-state index in [9.17, 15) is 14.4 Å². The molecule has 128 valence electrons. The van der Waals surface area contributed by atoms with Crippen molar-refractivity contribution in [1.29, 1.82) is 0 Å². The van der Waals surface area contributed by atoms with Crippen LogP contribution in [-0.2, 0) is 0 Å². The highest BCUT2D eigenvalue weighted by Crippen LogP contribution is 2.22. The van der Waals surface area contributed by atoms with Crippen LogP contribution in [0.5, 0.6) is 0 Å². The summed E-state index contributed by atoms with van der Waals surface area (Å²) in [5.41, 5.74) is 8.59. The van der Waals surface area contributed by atoms with Gasteiger partial charge in [-0.1, -0.05) is 18.2 Å². The molecule has 0 bridgehead atoms. The zero-order chi connectivity index (χ0) is 18.0. The molecule has 2 aromatic rings. The Labute approximate surface area is 144 Å². The number of anilines is 2. The number of nitrogens with zero attached hydrogens (tertiary/aromatic N) is 1. The van der Waals surface area contributed by atoms with Crippen LogP contribution < -0.4 is 16.4 Å². The molecular formula is C18H18N4O3. The molecule has 1 heterocycles. The number of rotatable bonds is 4. The Morgan fingerprint density at radius 2 is 1.72 bits per heavy atom. The van der Waals surface area contributed by atoms with E-state index in [1.54, 1.807) is 36.4 Å². The number of hydrogen-bond donors (Lipinski definition) is 3. The first kappa shape index (κ1) is 16.5. The molecule has 0 aromatic heterocycles. The Hall–Kier alpha value is -3.35. The Morgan fingerprint density at radius 1 is 1.08 bits per heavy atom. The van der Waals surface area contributed by atoms with Crippen LogP contribution in [0.1, 0.15) is 26.3 Å². The third-order valence-corrected chi connectivity index (χ3v) is 3.95. The highest BCUT2D eigenvalue weighted by molar-refractivity contribution is 6.21. The van der Waals surface area contributed by atoms with Gasteiger partial charge in [-0.25, -0.2) is 4.79 Å². The third kappa shape index (κ3) is 3.30. The average Bonchev–Trinajstić information content (AvgIpc) is 2.83. The van der Waals surface area contributed by atoms with E-state index in [0.717, 1.165) is 10.5 Å². The maximum atomic E-state index is 12.2. The van der Waals surface area contributed by atoms with Crippen molar-refractivity contribution in [3.8, 4) is 0 Å². The molecule has 3 rings (SSSR count). The standard InChI is InChI=1S/C18H18N4O3/c1-11-6-7-15(14(19)10-11)21-18(25)20-8-9-22-16(23)12-4-2-3-5-13(12)17(22)24/h2-7,10H,8-9,19H2,1H3,(H2,20,21,25). The van der Waals surface area contributed by atoms with Crippen molar-refractivity contribution in [2.24, 2.45) is 0 Å². The lowest BCUT2D eigenvalue weighted by Gasteiger charge is -2.15. The average molecular weight is 338 g/mol. The molecule has 1 aliphatic rings. The van der Waals surface area contributed by atoms with Crippen LogP contribution in [0, 0.1) is 6.92 Å². The molecule has 0 unspecified atom stereocenters. The number of nitrogens with one attached hydrogen (secondary N) is 2. The normalized spacial score (nSPS) is 12.9. The smallest absolute Gasteiger partial charge is 0.319 e. The lowest BCUT2D eigenvalue weighted by atomic mass is 10.1. The monoisotopic (exact) mass is 338 g/mol. The molecule has 0 saturated carbocycles. The maximum absolute atomic E-state index is 12.2. The molecule has 0 radical (unpaired) electrons. The van der Waals surface area contributed by atoms with Gasteiger partial charge in [0.25, 0.3) is 11.8 Å². The predicted molar refractivity (Wildman–Crippen MR) is 94.4 cm³/mol. The Kier molecular flexibility index (Phi) is 4.38. The van der Waals surface area contributed by atoms with Crippen molar-refractivity contribution in [2.45, 2.75) is 6.92 Å². The van der Waals surface area contributed by atoms with E-state index >= 15 is 0 Å². The first-order chi connectivity index (χ1) is 12.0. The second-order valence-corrected chi connectivity index (χ2v) is 5.78. The minimum atomic E-state index is -0.452. The van der Waals surface area contributed by atoms with Gasteiger partial charge >= 0.3 is 6.03 Å². The van der Waals surface area contributed by atoms with Crippen molar-refractivity contribution in [3.63, 3.8) is 0 Å². The molecule has 1 aliphatic heterocycles. The minimum absolute atomic E-state index is 0.100. The Morgan fingerprint density at radius 3 is 2.32 bits per heavy atom. The van der Waals surface area contributed by atoms with Crippen LogP contribution in [0.3, 0.4) is 0 Å². The quantitative estimate of drug-likeness (QED) is 0.586. The Bertz CT molecular complexity index is 828. The summed E-state index contributed by atoms with van der Waals surface area (Å²) in [6.45, 7) is 2.15. The van der Waals surface area contributed by atoms with Gasteiger partial charge in [0, 0.05) is 13.1 Å². The third-order valence-electron chi connectivity index (χ3n) is 3.95. The van der Waals surface area contributed by atoms with E-state index in [2.05, 4.69) is 10.6 Å². The number of carbonyl (C=O) groups excluding carboxylic acids is 3. The van der Waals surface area contributed by atoms with Crippen LogP contribution in [0.4, 0.5) is 16.2 Å². The SMILES string of the molecule is Cc1ccc(NC(=O)NCCN2C(=O)c3ccccc3C2=O)c(N)c1. The van der Waals surface area contributed by atoms with Gasteiger partial charge in [-0.2, -0.15) is 0 Å². The van der Waals surface area contributed by atoms with Crippen LogP contribution in [0.15, 0.2) is 42.5 Å². The van der Waals surface area contributed by atoms with Gasteiger partial charge in [0.05, 0.1) is 22.5 Å². The fraction of sp³-hybridized carbons (Fsp3) is 0.167. The van der Waals surface area contributed by atoms with Crippen molar-refractivity contribution < 1.29 is 14.4 Å². The first-order valence-corrected chi connectivity index (χ1v) is 7.83. The fourth-order valence-corrected chi connectivity index (χ4v) is 2.69. The van der Waals surface area contributed by atoms with Crippen molar-refractivity contribution in [2.75, 3.05) is 24.1 Å². The molecule has 4 amide bonds. The van der Waals surface area contributed by atoms with Crippen molar-refractivity contribution in [3.05, 3.63) is 59.2 Å². The molecule has 0 saturated heterocycles. The van der Waals surface area contributed by atoms with E-state index in [4.69, 9.17) is 5.73 Å². The second kappa shape index (κ2) is 6.64. The number of urea groups is 1. The number of amides is 4. The van der Waals surface area contributed by atoms with E-state index in [0.29, 0.717) is 22.5 Å². The van der Waals surface area contributed by atoms with Crippen LogP contribution in [-0.4, -0.2) is 35.8 Å². The summed E-state index contributed by atoms with van der Waals surface area (Å²) in [7, 11) is 0. The summed E-state index contributed by atoms with van der Waals surface area (Å²) in [6.07, 6.45) is 0. The minimum Gasteiger partial charge on any atom is -0.397 e. The molecule has 0 atom stereocenters. The molecule has 0 aliphatic carbocycles. The van der Waals surface area contributed by atoms with Gasteiger partial charge in [0.15, 0.2) is 0 Å². The largest absolute Gasteiger partial charge is 0.397 e. The van der Waals surface area contributed by atoms with Gasteiger partial charge in [-0.15, -0.1) is 0 Å². The number of benzene rings is 2. The fourth-order valence-electron chi connectivity index (χ4n) is 2.69. The van der Waals surface area contributed by atoms with Gasteiger partial charge in [-0.05, 0) is 36.8 Å². The molecule has 0 fully saturated rings. The number of nitrogen functional groups attached to an aromatic ring is 1. The van der Waals surface area contributed by atoms with E-state index < -0.39 is 6.03 Å². The number of hydrogen-bond acceptors (Lipinski definition) is 4. The van der Waals surface area contributed by atoms with Gasteiger partial charge in [0.2, 0.25) is 0 Å². The Balaban J connectivity index is 1.54. The van der Waals surface area contributed by atoms with Crippen molar-refractivity contribution >= 4 is 29.2 Å². The highest BCUT2D eigenvalue weighted by atomic mass is 16.2.